The minimum absolute atomic E-state index is 0.494. The molecule has 0 aliphatic heterocycles. The van der Waals surface area contributed by atoms with Crippen molar-refractivity contribution >= 4 is 28.1 Å². The summed E-state index contributed by atoms with van der Waals surface area (Å²) in [6.07, 6.45) is 1.73. The molecule has 1 aromatic heterocycles. The summed E-state index contributed by atoms with van der Waals surface area (Å²) in [5.41, 5.74) is 6.35. The second-order valence-corrected chi connectivity index (χ2v) is 3.00. The average molecular weight is 179 g/mol. The summed E-state index contributed by atoms with van der Waals surface area (Å²) in [5.74, 6) is 0. The summed E-state index contributed by atoms with van der Waals surface area (Å²) in [6, 6.07) is 7.45. The minimum Gasteiger partial charge on any atom is -0.399 e. The Morgan fingerprint density at radius 2 is 2.00 bits per heavy atom. The van der Waals surface area contributed by atoms with E-state index in [-0.39, 0.29) is 0 Å². The van der Waals surface area contributed by atoms with E-state index in [9.17, 15) is 0 Å². The normalized spacial score (nSPS) is 10.4. The van der Waals surface area contributed by atoms with Gasteiger partial charge in [0.25, 0.3) is 0 Å². The lowest BCUT2D eigenvalue weighted by Gasteiger charge is -1.98. The standard InChI is InChI=1S/C9H7ClN2/c10-9-4-7-3-8(11)2-1-6(7)5-12-9/h1-5H,11H2. The van der Waals surface area contributed by atoms with E-state index < -0.39 is 0 Å². The van der Waals surface area contributed by atoms with Gasteiger partial charge < -0.3 is 5.73 Å². The molecule has 0 unspecified atom stereocenters. The number of hydrogen-bond donors (Lipinski definition) is 1. The Morgan fingerprint density at radius 1 is 1.17 bits per heavy atom. The van der Waals surface area contributed by atoms with E-state index in [1.54, 1.807) is 12.3 Å². The number of nitrogen functional groups attached to an aromatic ring is 1. The molecule has 2 nitrogen and oxygen atoms in total. The third kappa shape index (κ3) is 1.21. The summed E-state index contributed by atoms with van der Waals surface area (Å²) in [5, 5.41) is 2.57. The zero-order valence-electron chi connectivity index (χ0n) is 6.29. The van der Waals surface area contributed by atoms with Crippen molar-refractivity contribution in [3.05, 3.63) is 35.6 Å². The Kier molecular flexibility index (Phi) is 1.62. The van der Waals surface area contributed by atoms with Crippen molar-refractivity contribution in [2.24, 2.45) is 0 Å². The van der Waals surface area contributed by atoms with Crippen LogP contribution in [-0.2, 0) is 0 Å². The molecular formula is C9H7ClN2. The van der Waals surface area contributed by atoms with Crippen molar-refractivity contribution in [3.63, 3.8) is 0 Å². The molecule has 0 fully saturated rings. The topological polar surface area (TPSA) is 38.9 Å². The molecule has 0 radical (unpaired) electrons. The molecule has 0 saturated heterocycles. The quantitative estimate of drug-likeness (QED) is 0.497. The molecule has 2 N–H and O–H groups in total. The third-order valence-electron chi connectivity index (χ3n) is 1.71. The fourth-order valence-corrected chi connectivity index (χ4v) is 1.30. The third-order valence-corrected chi connectivity index (χ3v) is 1.92. The largest absolute Gasteiger partial charge is 0.399 e. The Balaban J connectivity index is 2.80. The van der Waals surface area contributed by atoms with Gasteiger partial charge in [-0.3, -0.25) is 0 Å². The van der Waals surface area contributed by atoms with Crippen LogP contribution in [0.4, 0.5) is 5.69 Å². The van der Waals surface area contributed by atoms with Crippen LogP contribution in [0.15, 0.2) is 30.5 Å². The molecule has 3 heteroatoms. The van der Waals surface area contributed by atoms with E-state index in [2.05, 4.69) is 4.98 Å². The van der Waals surface area contributed by atoms with Gasteiger partial charge in [0.1, 0.15) is 5.15 Å². The predicted molar refractivity (Wildman–Crippen MR) is 51.2 cm³/mol. The van der Waals surface area contributed by atoms with Gasteiger partial charge in [-0.25, -0.2) is 4.98 Å². The Hall–Kier alpha value is -1.28. The van der Waals surface area contributed by atoms with Crippen molar-refractivity contribution in [1.82, 2.24) is 4.98 Å². The van der Waals surface area contributed by atoms with Gasteiger partial charge in [0.2, 0.25) is 0 Å². The average Bonchev–Trinajstić information content (AvgIpc) is 2.03. The number of aromatic nitrogens is 1. The molecule has 1 aromatic carbocycles. The summed E-state index contributed by atoms with van der Waals surface area (Å²) in [6.45, 7) is 0. The van der Waals surface area contributed by atoms with Gasteiger partial charge in [-0.15, -0.1) is 0 Å². The van der Waals surface area contributed by atoms with Crippen LogP contribution in [-0.4, -0.2) is 4.98 Å². The van der Waals surface area contributed by atoms with Crippen LogP contribution in [0.2, 0.25) is 5.15 Å². The van der Waals surface area contributed by atoms with Gasteiger partial charge in [0.15, 0.2) is 0 Å². The van der Waals surface area contributed by atoms with Crippen LogP contribution in [0.3, 0.4) is 0 Å². The molecule has 12 heavy (non-hydrogen) atoms. The van der Waals surface area contributed by atoms with Crippen molar-refractivity contribution in [2.45, 2.75) is 0 Å². The first-order chi connectivity index (χ1) is 5.75. The lowest BCUT2D eigenvalue weighted by Crippen LogP contribution is -1.84. The van der Waals surface area contributed by atoms with Crippen LogP contribution in [0.25, 0.3) is 10.8 Å². The number of anilines is 1. The fraction of sp³-hybridized carbons (Fsp3) is 0. The lowest BCUT2D eigenvalue weighted by atomic mass is 10.2. The molecule has 0 spiro atoms. The number of rotatable bonds is 0. The monoisotopic (exact) mass is 178 g/mol. The molecule has 0 saturated carbocycles. The molecule has 0 amide bonds. The van der Waals surface area contributed by atoms with E-state index in [0.29, 0.717) is 5.15 Å². The van der Waals surface area contributed by atoms with E-state index >= 15 is 0 Å². The van der Waals surface area contributed by atoms with Crippen LogP contribution >= 0.6 is 11.6 Å². The first-order valence-electron chi connectivity index (χ1n) is 3.56. The first kappa shape index (κ1) is 7.37. The van der Waals surface area contributed by atoms with E-state index in [1.165, 1.54) is 0 Å². The van der Waals surface area contributed by atoms with Gasteiger partial charge in [-0.05, 0) is 23.6 Å². The minimum atomic E-state index is 0.494. The van der Waals surface area contributed by atoms with Crippen LogP contribution < -0.4 is 5.73 Å². The highest BCUT2D eigenvalue weighted by Gasteiger charge is 1.95. The van der Waals surface area contributed by atoms with Crippen LogP contribution in [0.1, 0.15) is 0 Å². The van der Waals surface area contributed by atoms with Crippen molar-refractivity contribution in [1.29, 1.82) is 0 Å². The van der Waals surface area contributed by atoms with E-state index in [1.807, 2.05) is 18.2 Å². The molecule has 2 rings (SSSR count). The molecule has 0 aliphatic carbocycles. The maximum Gasteiger partial charge on any atom is 0.129 e. The number of benzene rings is 1. The zero-order valence-corrected chi connectivity index (χ0v) is 7.05. The van der Waals surface area contributed by atoms with Crippen molar-refractivity contribution < 1.29 is 0 Å². The van der Waals surface area contributed by atoms with Gasteiger partial charge in [0, 0.05) is 17.3 Å². The highest BCUT2D eigenvalue weighted by Crippen LogP contribution is 2.18. The molecule has 1 heterocycles. The second-order valence-electron chi connectivity index (χ2n) is 2.61. The van der Waals surface area contributed by atoms with Gasteiger partial charge in [-0.1, -0.05) is 17.7 Å². The Bertz CT molecular complexity index is 389. The molecule has 60 valence electrons. The number of nitrogens with zero attached hydrogens (tertiary/aromatic N) is 1. The number of hydrogen-bond acceptors (Lipinski definition) is 2. The number of fused-ring (bicyclic) bond motifs is 1. The Labute approximate surface area is 75.0 Å². The van der Waals surface area contributed by atoms with Gasteiger partial charge >= 0.3 is 0 Å². The van der Waals surface area contributed by atoms with E-state index in [0.717, 1.165) is 16.5 Å². The number of nitrogens with two attached hydrogens (primary N) is 1. The molecular weight excluding hydrogens is 172 g/mol. The van der Waals surface area contributed by atoms with Crippen LogP contribution in [0.5, 0.6) is 0 Å². The molecule has 0 atom stereocenters. The van der Waals surface area contributed by atoms with Gasteiger partial charge in [0.05, 0.1) is 0 Å². The molecule has 2 aromatic rings. The van der Waals surface area contributed by atoms with Crippen LogP contribution in [0, 0.1) is 0 Å². The SMILES string of the molecule is Nc1ccc2cnc(Cl)cc2c1. The second kappa shape index (κ2) is 2.64. The predicted octanol–water partition coefficient (Wildman–Crippen LogP) is 2.47. The zero-order chi connectivity index (χ0) is 8.55. The molecule has 0 aliphatic rings. The fourth-order valence-electron chi connectivity index (χ4n) is 1.13. The maximum atomic E-state index is 5.72. The maximum absolute atomic E-state index is 5.72. The first-order valence-corrected chi connectivity index (χ1v) is 3.94. The summed E-state index contributed by atoms with van der Waals surface area (Å²) in [4.78, 5) is 3.96. The summed E-state index contributed by atoms with van der Waals surface area (Å²) in [7, 11) is 0. The number of halogens is 1. The number of pyridine rings is 1. The molecule has 0 bridgehead atoms. The smallest absolute Gasteiger partial charge is 0.129 e. The van der Waals surface area contributed by atoms with Crippen molar-refractivity contribution in [3.8, 4) is 0 Å². The van der Waals surface area contributed by atoms with Gasteiger partial charge in [-0.2, -0.15) is 0 Å². The van der Waals surface area contributed by atoms with Crippen molar-refractivity contribution in [2.75, 3.05) is 5.73 Å². The highest BCUT2D eigenvalue weighted by atomic mass is 35.5. The lowest BCUT2D eigenvalue weighted by molar-refractivity contribution is 1.36. The highest BCUT2D eigenvalue weighted by molar-refractivity contribution is 6.30. The Morgan fingerprint density at radius 3 is 2.83 bits per heavy atom. The van der Waals surface area contributed by atoms with E-state index in [4.69, 9.17) is 17.3 Å². The summed E-state index contributed by atoms with van der Waals surface area (Å²) >= 11 is 5.72. The summed E-state index contributed by atoms with van der Waals surface area (Å²) < 4.78 is 0.